The highest BCUT2D eigenvalue weighted by Crippen LogP contribution is 2.28. The highest BCUT2D eigenvalue weighted by molar-refractivity contribution is 5.56. The fourth-order valence-electron chi connectivity index (χ4n) is 2.64. The summed E-state index contributed by atoms with van der Waals surface area (Å²) in [6.07, 6.45) is 11.7. The lowest BCUT2D eigenvalue weighted by Gasteiger charge is -2.31. The van der Waals surface area contributed by atoms with Crippen LogP contribution in [0.4, 0.5) is 0 Å². The second kappa shape index (κ2) is 9.85. The predicted molar refractivity (Wildman–Crippen MR) is 112 cm³/mol. The van der Waals surface area contributed by atoms with Gasteiger partial charge in [-0.25, -0.2) is 0 Å². The average molecular weight is 371 g/mol. The smallest absolute Gasteiger partial charge is 0.137 e. The van der Waals surface area contributed by atoms with Crippen molar-refractivity contribution < 1.29 is 0 Å². The van der Waals surface area contributed by atoms with Crippen molar-refractivity contribution >= 4 is 0 Å². The molecule has 0 amide bonds. The molecule has 5 heteroatoms. The van der Waals surface area contributed by atoms with Crippen molar-refractivity contribution in [3.63, 3.8) is 0 Å². The summed E-state index contributed by atoms with van der Waals surface area (Å²) >= 11 is 0. The summed E-state index contributed by atoms with van der Waals surface area (Å²) in [6, 6.07) is 14.2. The van der Waals surface area contributed by atoms with E-state index < -0.39 is 0 Å². The summed E-state index contributed by atoms with van der Waals surface area (Å²) in [5, 5.41) is 18.7. The Morgan fingerprint density at radius 3 is 1.82 bits per heavy atom. The second-order valence-electron chi connectivity index (χ2n) is 6.82. The van der Waals surface area contributed by atoms with Crippen molar-refractivity contribution in [3.05, 3.63) is 95.1 Å². The fraction of sp³-hybridized carbons (Fsp3) is 0.217. The third-order valence-corrected chi connectivity index (χ3v) is 4.01. The quantitative estimate of drug-likeness (QED) is 0.713. The lowest BCUT2D eigenvalue weighted by Crippen LogP contribution is -2.24. The van der Waals surface area contributed by atoms with Crippen molar-refractivity contribution in [1.29, 1.82) is 10.5 Å². The van der Waals surface area contributed by atoms with Gasteiger partial charge >= 0.3 is 0 Å². The van der Waals surface area contributed by atoms with Crippen molar-refractivity contribution in [2.75, 3.05) is 28.2 Å². The molecule has 0 aromatic heterocycles. The van der Waals surface area contributed by atoms with Gasteiger partial charge in [0.05, 0.1) is 0 Å². The van der Waals surface area contributed by atoms with Crippen molar-refractivity contribution in [2.45, 2.75) is 6.54 Å². The minimum atomic E-state index is 0.103. The molecule has 0 atom stereocenters. The Morgan fingerprint density at radius 1 is 0.893 bits per heavy atom. The third-order valence-electron chi connectivity index (χ3n) is 4.01. The second-order valence-corrected chi connectivity index (χ2v) is 6.82. The van der Waals surface area contributed by atoms with E-state index >= 15 is 0 Å². The van der Waals surface area contributed by atoms with Gasteiger partial charge in [0.2, 0.25) is 0 Å². The van der Waals surface area contributed by atoms with Gasteiger partial charge in [0.25, 0.3) is 0 Å². The minimum Gasteiger partial charge on any atom is -0.383 e. The van der Waals surface area contributed by atoms with Crippen LogP contribution in [0.5, 0.6) is 0 Å². The van der Waals surface area contributed by atoms with Crippen LogP contribution in [-0.4, -0.2) is 42.9 Å². The van der Waals surface area contributed by atoms with E-state index in [-0.39, 0.29) is 5.57 Å². The first kappa shape index (κ1) is 20.6. The maximum Gasteiger partial charge on any atom is 0.137 e. The number of nitrogens with zero attached hydrogens (tertiary/aromatic N) is 5. The Labute approximate surface area is 167 Å². The van der Waals surface area contributed by atoms with Gasteiger partial charge in [0, 0.05) is 64.1 Å². The molecule has 0 aliphatic carbocycles. The van der Waals surface area contributed by atoms with Crippen LogP contribution >= 0.6 is 0 Å². The van der Waals surface area contributed by atoms with Crippen LogP contribution in [0, 0.1) is 22.7 Å². The molecule has 0 spiro atoms. The van der Waals surface area contributed by atoms with Gasteiger partial charge < -0.3 is 14.7 Å². The number of rotatable bonds is 6. The first-order chi connectivity index (χ1) is 13.4. The Kier molecular flexibility index (Phi) is 7.25. The molecule has 0 fully saturated rings. The molecule has 0 saturated carbocycles. The van der Waals surface area contributed by atoms with E-state index in [2.05, 4.69) is 17.0 Å². The van der Waals surface area contributed by atoms with E-state index in [1.54, 1.807) is 0 Å². The normalized spacial score (nSPS) is 13.8. The molecule has 1 heterocycles. The highest BCUT2D eigenvalue weighted by Gasteiger charge is 2.19. The van der Waals surface area contributed by atoms with Gasteiger partial charge in [-0.3, -0.25) is 0 Å². The summed E-state index contributed by atoms with van der Waals surface area (Å²) < 4.78 is 0. The molecule has 0 radical (unpaired) electrons. The Balaban J connectivity index is 2.59. The summed E-state index contributed by atoms with van der Waals surface area (Å²) in [7, 11) is 7.82. The lowest BCUT2D eigenvalue weighted by atomic mass is 10.0. The molecule has 1 aliphatic heterocycles. The van der Waals surface area contributed by atoms with Gasteiger partial charge in [0.1, 0.15) is 17.7 Å². The van der Waals surface area contributed by atoms with Crippen LogP contribution in [-0.2, 0) is 6.54 Å². The van der Waals surface area contributed by atoms with Gasteiger partial charge in [0.15, 0.2) is 0 Å². The summed E-state index contributed by atoms with van der Waals surface area (Å²) in [6.45, 7) is 0.676. The zero-order chi connectivity index (χ0) is 20.5. The Morgan fingerprint density at radius 2 is 1.39 bits per heavy atom. The van der Waals surface area contributed by atoms with Crippen LogP contribution in [0.3, 0.4) is 0 Å². The number of allylic oxidation sites excluding steroid dienone is 6. The van der Waals surface area contributed by atoms with E-state index in [0.717, 1.165) is 11.4 Å². The minimum absolute atomic E-state index is 0.103. The van der Waals surface area contributed by atoms with Crippen LogP contribution in [0.15, 0.2) is 89.6 Å². The topological polar surface area (TPSA) is 57.3 Å². The van der Waals surface area contributed by atoms with Gasteiger partial charge in [-0.05, 0) is 29.9 Å². The number of hydrogen-bond donors (Lipinski definition) is 0. The molecule has 0 N–H and O–H groups in total. The van der Waals surface area contributed by atoms with E-state index in [1.165, 1.54) is 5.56 Å². The van der Waals surface area contributed by atoms with Crippen molar-refractivity contribution in [2.24, 2.45) is 0 Å². The molecule has 1 aromatic carbocycles. The molecule has 0 unspecified atom stereocenters. The maximum absolute atomic E-state index is 9.33. The van der Waals surface area contributed by atoms with E-state index in [9.17, 15) is 10.5 Å². The Bertz CT molecular complexity index is 862. The lowest BCUT2D eigenvalue weighted by molar-refractivity contribution is 0.437. The first-order valence-corrected chi connectivity index (χ1v) is 8.93. The third kappa shape index (κ3) is 5.65. The number of benzene rings is 1. The van der Waals surface area contributed by atoms with Crippen molar-refractivity contribution in [3.8, 4) is 12.1 Å². The molecular formula is C23H25N5. The highest BCUT2D eigenvalue weighted by atomic mass is 15.2. The molecule has 142 valence electrons. The molecule has 1 aliphatic rings. The van der Waals surface area contributed by atoms with Gasteiger partial charge in [-0.2, -0.15) is 10.5 Å². The summed E-state index contributed by atoms with van der Waals surface area (Å²) in [5.41, 5.74) is 3.72. The molecule has 28 heavy (non-hydrogen) atoms. The Hall–Kier alpha value is -3.70. The molecule has 1 aromatic rings. The largest absolute Gasteiger partial charge is 0.383 e. The zero-order valence-electron chi connectivity index (χ0n) is 16.8. The monoisotopic (exact) mass is 371 g/mol. The molecule has 0 bridgehead atoms. The number of nitriles is 2. The van der Waals surface area contributed by atoms with Crippen LogP contribution in [0.1, 0.15) is 5.56 Å². The maximum atomic E-state index is 9.33. The molecule has 0 saturated heterocycles. The predicted octanol–water partition coefficient (Wildman–Crippen LogP) is 3.76. The SMILES string of the molecule is CN(C)/C=C/C1=CC(=C(C#N)C#N)C=C(/C=C/N(C)C)N1Cc1ccccc1. The summed E-state index contributed by atoms with van der Waals surface area (Å²) in [4.78, 5) is 6.08. The van der Waals surface area contributed by atoms with Crippen LogP contribution < -0.4 is 0 Å². The van der Waals surface area contributed by atoms with Gasteiger partial charge in [-0.1, -0.05) is 30.3 Å². The fourth-order valence-corrected chi connectivity index (χ4v) is 2.64. The molecular weight excluding hydrogens is 346 g/mol. The zero-order valence-corrected chi connectivity index (χ0v) is 16.8. The first-order valence-electron chi connectivity index (χ1n) is 8.93. The van der Waals surface area contributed by atoms with Crippen LogP contribution in [0.25, 0.3) is 0 Å². The standard InChI is InChI=1S/C23H25N5/c1-26(2)12-10-22-14-20(21(16-24)17-25)15-23(11-13-27(3)4)28(22)18-19-8-6-5-7-9-19/h5-15H,18H2,1-4H3/b12-10+,13-11+. The molecule has 2 rings (SSSR count). The van der Waals surface area contributed by atoms with Gasteiger partial charge in [-0.15, -0.1) is 0 Å². The van der Waals surface area contributed by atoms with E-state index in [1.807, 2.05) is 105 Å². The van der Waals surface area contributed by atoms with Crippen molar-refractivity contribution in [1.82, 2.24) is 14.7 Å². The average Bonchev–Trinajstić information content (AvgIpc) is 2.68. The molecule has 5 nitrogen and oxygen atoms in total. The van der Waals surface area contributed by atoms with E-state index in [0.29, 0.717) is 12.1 Å². The number of hydrogen-bond acceptors (Lipinski definition) is 5. The van der Waals surface area contributed by atoms with E-state index in [4.69, 9.17) is 0 Å². The van der Waals surface area contributed by atoms with Crippen LogP contribution in [0.2, 0.25) is 0 Å². The summed E-state index contributed by atoms with van der Waals surface area (Å²) in [5.74, 6) is 0.